The summed E-state index contributed by atoms with van der Waals surface area (Å²) in [7, 11) is -3.38. The van der Waals surface area contributed by atoms with Crippen LogP contribution in [0, 0.1) is 5.82 Å². The average Bonchev–Trinajstić information content (AvgIpc) is 2.33. The summed E-state index contributed by atoms with van der Waals surface area (Å²) in [6, 6.07) is 5.88. The van der Waals surface area contributed by atoms with E-state index in [4.69, 9.17) is 0 Å². The number of halogens is 1. The van der Waals surface area contributed by atoms with Gasteiger partial charge in [0.15, 0.2) is 0 Å². The van der Waals surface area contributed by atoms with Crippen LogP contribution in [-0.2, 0) is 16.6 Å². The van der Waals surface area contributed by atoms with Gasteiger partial charge in [-0.05, 0) is 31.2 Å². The minimum Gasteiger partial charge on any atom is -0.316 e. The molecule has 0 bridgehead atoms. The second-order valence-electron chi connectivity index (χ2n) is 4.11. The lowest BCUT2D eigenvalue weighted by Gasteiger charge is -2.14. The molecule has 4 nitrogen and oxygen atoms in total. The van der Waals surface area contributed by atoms with Gasteiger partial charge >= 0.3 is 0 Å². The Morgan fingerprint density at radius 3 is 2.72 bits per heavy atom. The van der Waals surface area contributed by atoms with Gasteiger partial charge in [0.2, 0.25) is 10.0 Å². The van der Waals surface area contributed by atoms with Crippen LogP contribution in [0.3, 0.4) is 0 Å². The van der Waals surface area contributed by atoms with Gasteiger partial charge in [-0.2, -0.15) is 0 Å². The van der Waals surface area contributed by atoms with E-state index in [1.54, 1.807) is 19.1 Å². The van der Waals surface area contributed by atoms with E-state index in [0.29, 0.717) is 12.1 Å². The van der Waals surface area contributed by atoms with E-state index in [1.165, 1.54) is 12.1 Å². The quantitative estimate of drug-likeness (QED) is 0.786. The molecule has 0 saturated carbocycles. The van der Waals surface area contributed by atoms with E-state index in [1.807, 2.05) is 6.92 Å². The predicted molar refractivity (Wildman–Crippen MR) is 70.2 cm³/mol. The number of rotatable bonds is 7. The van der Waals surface area contributed by atoms with Crippen LogP contribution in [-0.4, -0.2) is 26.8 Å². The van der Waals surface area contributed by atoms with Crippen LogP contribution in [0.15, 0.2) is 24.3 Å². The van der Waals surface area contributed by atoms with Gasteiger partial charge in [0.05, 0.1) is 5.25 Å². The normalized spacial score (nSPS) is 13.5. The Hall–Kier alpha value is -0.980. The Labute approximate surface area is 108 Å². The first-order chi connectivity index (χ1) is 8.45. The van der Waals surface area contributed by atoms with Gasteiger partial charge in [-0.1, -0.05) is 19.1 Å². The molecule has 0 aliphatic heterocycles. The molecule has 0 fully saturated rings. The molecule has 0 heterocycles. The third kappa shape index (κ3) is 4.72. The van der Waals surface area contributed by atoms with Gasteiger partial charge in [-0.15, -0.1) is 0 Å². The summed E-state index contributed by atoms with van der Waals surface area (Å²) >= 11 is 0. The van der Waals surface area contributed by atoms with E-state index >= 15 is 0 Å². The van der Waals surface area contributed by atoms with Crippen LogP contribution in [0.1, 0.15) is 19.4 Å². The molecule has 18 heavy (non-hydrogen) atoms. The van der Waals surface area contributed by atoms with Gasteiger partial charge in [0.25, 0.3) is 0 Å². The zero-order valence-corrected chi connectivity index (χ0v) is 11.4. The lowest BCUT2D eigenvalue weighted by atomic mass is 10.2. The van der Waals surface area contributed by atoms with Crippen molar-refractivity contribution in [3.05, 3.63) is 35.6 Å². The predicted octanol–water partition coefficient (Wildman–Crippen LogP) is 1.24. The van der Waals surface area contributed by atoms with Gasteiger partial charge < -0.3 is 5.32 Å². The number of benzene rings is 1. The van der Waals surface area contributed by atoms with E-state index in [9.17, 15) is 12.8 Å². The van der Waals surface area contributed by atoms with Crippen LogP contribution < -0.4 is 10.0 Å². The summed E-state index contributed by atoms with van der Waals surface area (Å²) in [4.78, 5) is 0. The maximum Gasteiger partial charge on any atom is 0.215 e. The molecular formula is C12H19FN2O2S. The maximum absolute atomic E-state index is 12.9. The SMILES string of the molecule is CCNCC(C)S(=O)(=O)NCc1cccc(F)c1. The van der Waals surface area contributed by atoms with Crippen molar-refractivity contribution in [1.29, 1.82) is 0 Å². The highest BCUT2D eigenvalue weighted by atomic mass is 32.2. The first kappa shape index (κ1) is 15.1. The number of hydrogen-bond acceptors (Lipinski definition) is 3. The zero-order chi connectivity index (χ0) is 13.6. The molecule has 0 spiro atoms. The topological polar surface area (TPSA) is 58.2 Å². The molecule has 0 saturated heterocycles. The smallest absolute Gasteiger partial charge is 0.215 e. The maximum atomic E-state index is 12.9. The third-order valence-electron chi connectivity index (χ3n) is 2.58. The molecule has 0 aliphatic rings. The lowest BCUT2D eigenvalue weighted by Crippen LogP contribution is -2.38. The van der Waals surface area contributed by atoms with Crippen molar-refractivity contribution in [2.75, 3.05) is 13.1 Å². The van der Waals surface area contributed by atoms with E-state index in [0.717, 1.165) is 6.54 Å². The van der Waals surface area contributed by atoms with Crippen LogP contribution in [0.2, 0.25) is 0 Å². The van der Waals surface area contributed by atoms with E-state index in [2.05, 4.69) is 10.0 Å². The van der Waals surface area contributed by atoms with Gasteiger partial charge in [-0.25, -0.2) is 17.5 Å². The molecule has 1 rings (SSSR count). The van der Waals surface area contributed by atoms with Crippen molar-refractivity contribution in [1.82, 2.24) is 10.0 Å². The number of hydrogen-bond donors (Lipinski definition) is 2. The number of nitrogens with one attached hydrogen (secondary N) is 2. The fraction of sp³-hybridized carbons (Fsp3) is 0.500. The van der Waals surface area contributed by atoms with Crippen LogP contribution in [0.5, 0.6) is 0 Å². The fourth-order valence-electron chi connectivity index (χ4n) is 1.43. The monoisotopic (exact) mass is 274 g/mol. The Bertz CT molecular complexity index is 477. The van der Waals surface area contributed by atoms with Gasteiger partial charge in [0, 0.05) is 13.1 Å². The van der Waals surface area contributed by atoms with Crippen molar-refractivity contribution in [2.24, 2.45) is 0 Å². The van der Waals surface area contributed by atoms with Crippen molar-refractivity contribution in [3.63, 3.8) is 0 Å². The van der Waals surface area contributed by atoms with Crippen LogP contribution in [0.25, 0.3) is 0 Å². The molecule has 1 unspecified atom stereocenters. The molecule has 2 N–H and O–H groups in total. The Balaban J connectivity index is 2.56. The van der Waals surface area contributed by atoms with E-state index in [-0.39, 0.29) is 12.4 Å². The first-order valence-corrected chi connectivity index (χ1v) is 7.44. The standard InChI is InChI=1S/C12H19FN2O2S/c1-3-14-8-10(2)18(16,17)15-9-11-5-4-6-12(13)7-11/h4-7,10,14-15H,3,8-9H2,1-2H3. The van der Waals surface area contributed by atoms with Crippen molar-refractivity contribution < 1.29 is 12.8 Å². The second kappa shape index (κ2) is 6.82. The molecule has 6 heteroatoms. The summed E-state index contributed by atoms with van der Waals surface area (Å²) in [5, 5.41) is 2.46. The molecule has 0 radical (unpaired) electrons. The molecule has 0 amide bonds. The third-order valence-corrected chi connectivity index (χ3v) is 4.35. The summed E-state index contributed by atoms with van der Waals surface area (Å²) < 4.78 is 39.1. The molecule has 0 aromatic heterocycles. The second-order valence-corrected chi connectivity index (χ2v) is 6.30. The minimum atomic E-state index is -3.38. The Morgan fingerprint density at radius 1 is 1.39 bits per heavy atom. The summed E-state index contributed by atoms with van der Waals surface area (Å²) in [6.45, 7) is 4.78. The molecule has 0 aliphatic carbocycles. The van der Waals surface area contributed by atoms with Gasteiger partial charge in [0.1, 0.15) is 5.82 Å². The zero-order valence-electron chi connectivity index (χ0n) is 10.6. The molecule has 1 aromatic carbocycles. The van der Waals surface area contributed by atoms with Crippen LogP contribution >= 0.6 is 0 Å². The summed E-state index contributed by atoms with van der Waals surface area (Å²) in [5.74, 6) is -0.368. The van der Waals surface area contributed by atoms with Crippen LogP contribution in [0.4, 0.5) is 4.39 Å². The van der Waals surface area contributed by atoms with Gasteiger partial charge in [-0.3, -0.25) is 0 Å². The summed E-state index contributed by atoms with van der Waals surface area (Å²) in [5.41, 5.74) is 0.606. The Morgan fingerprint density at radius 2 is 2.11 bits per heavy atom. The lowest BCUT2D eigenvalue weighted by molar-refractivity contribution is 0.559. The van der Waals surface area contributed by atoms with Crippen molar-refractivity contribution in [3.8, 4) is 0 Å². The highest BCUT2D eigenvalue weighted by Gasteiger charge is 2.19. The highest BCUT2D eigenvalue weighted by Crippen LogP contribution is 2.05. The molecule has 1 atom stereocenters. The van der Waals surface area contributed by atoms with Crippen molar-refractivity contribution in [2.45, 2.75) is 25.6 Å². The first-order valence-electron chi connectivity index (χ1n) is 5.89. The number of sulfonamides is 1. The summed E-state index contributed by atoms with van der Waals surface area (Å²) in [6.07, 6.45) is 0. The van der Waals surface area contributed by atoms with Crippen molar-refractivity contribution >= 4 is 10.0 Å². The minimum absolute atomic E-state index is 0.108. The molecular weight excluding hydrogens is 255 g/mol. The average molecular weight is 274 g/mol. The molecule has 1 aromatic rings. The fourth-order valence-corrected chi connectivity index (χ4v) is 2.42. The Kier molecular flexibility index (Phi) is 5.71. The van der Waals surface area contributed by atoms with E-state index < -0.39 is 15.3 Å². The largest absolute Gasteiger partial charge is 0.316 e. The molecule has 102 valence electrons. The highest BCUT2D eigenvalue weighted by molar-refractivity contribution is 7.90.